The van der Waals surface area contributed by atoms with E-state index in [1.165, 1.54) is 0 Å². The Morgan fingerprint density at radius 3 is 2.70 bits per heavy atom. The van der Waals surface area contributed by atoms with Crippen LogP contribution in [-0.4, -0.2) is 40.2 Å². The molecule has 1 aromatic rings. The molecule has 2 heterocycles. The summed E-state index contributed by atoms with van der Waals surface area (Å²) in [6.45, 7) is 6.13. The van der Waals surface area contributed by atoms with Crippen molar-refractivity contribution in [1.82, 2.24) is 14.7 Å². The maximum atomic E-state index is 12.6. The number of aryl methyl sites for hydroxylation is 1. The molecule has 1 aliphatic rings. The quantitative estimate of drug-likeness (QED) is 0.926. The van der Waals surface area contributed by atoms with Crippen molar-refractivity contribution in [2.75, 3.05) is 19.6 Å². The summed E-state index contributed by atoms with van der Waals surface area (Å²) in [4.78, 5) is 14.5. The highest BCUT2D eigenvalue weighted by Crippen LogP contribution is 2.28. The van der Waals surface area contributed by atoms with Crippen LogP contribution in [0, 0.1) is 5.92 Å². The molecule has 1 fully saturated rings. The van der Waals surface area contributed by atoms with E-state index >= 15 is 0 Å². The van der Waals surface area contributed by atoms with E-state index < -0.39 is 0 Å². The van der Waals surface area contributed by atoms with Gasteiger partial charge < -0.3 is 10.6 Å². The van der Waals surface area contributed by atoms with E-state index in [4.69, 9.17) is 17.3 Å². The molecule has 1 aliphatic heterocycles. The van der Waals surface area contributed by atoms with Gasteiger partial charge in [0.1, 0.15) is 5.15 Å². The Morgan fingerprint density at radius 1 is 1.55 bits per heavy atom. The monoisotopic (exact) mass is 320 g/mol. The van der Waals surface area contributed by atoms with Crippen molar-refractivity contribution in [3.05, 3.63) is 16.4 Å². The molecule has 0 saturated carbocycles. The standard InChI is InChI=1S/C13H21ClN4O.ClH/c1-8(2)11-10(12(14)17(3)16-11)13(19)18-5-4-9(6-15)7-18;/h8-9H,4-7,15H2,1-3H3;1H. The number of carbonyl (C=O) groups excluding carboxylic acids is 1. The summed E-state index contributed by atoms with van der Waals surface area (Å²) < 4.78 is 1.57. The van der Waals surface area contributed by atoms with Gasteiger partial charge >= 0.3 is 0 Å². The van der Waals surface area contributed by atoms with Crippen molar-refractivity contribution in [3.8, 4) is 0 Å². The zero-order valence-corrected chi connectivity index (χ0v) is 13.7. The Morgan fingerprint density at radius 2 is 2.20 bits per heavy atom. The highest BCUT2D eigenvalue weighted by atomic mass is 35.5. The number of aromatic nitrogens is 2. The molecule has 2 N–H and O–H groups in total. The first kappa shape index (κ1) is 17.3. The molecule has 0 spiro atoms. The van der Waals surface area contributed by atoms with Gasteiger partial charge in [-0.15, -0.1) is 12.4 Å². The van der Waals surface area contributed by atoms with Crippen LogP contribution in [0.25, 0.3) is 0 Å². The van der Waals surface area contributed by atoms with Crippen LogP contribution in [0.2, 0.25) is 5.15 Å². The molecule has 5 nitrogen and oxygen atoms in total. The lowest BCUT2D eigenvalue weighted by atomic mass is 10.1. The number of amides is 1. The SMILES string of the molecule is CC(C)c1nn(C)c(Cl)c1C(=O)N1CCC(CN)C1.Cl. The molecule has 1 atom stereocenters. The Hall–Kier alpha value is -0.780. The second-order valence-corrected chi connectivity index (χ2v) is 5.83. The lowest BCUT2D eigenvalue weighted by Crippen LogP contribution is -2.30. The fourth-order valence-electron chi connectivity index (χ4n) is 2.49. The van der Waals surface area contributed by atoms with Crippen LogP contribution in [-0.2, 0) is 7.05 Å². The lowest BCUT2D eigenvalue weighted by Gasteiger charge is -2.17. The number of nitrogens with two attached hydrogens (primary N) is 1. The Balaban J connectivity index is 0.00000200. The Bertz CT molecular complexity index is 487. The number of nitrogens with zero attached hydrogens (tertiary/aromatic N) is 3. The van der Waals surface area contributed by atoms with Crippen molar-refractivity contribution in [1.29, 1.82) is 0 Å². The summed E-state index contributed by atoms with van der Waals surface area (Å²) in [5.41, 5.74) is 6.99. The van der Waals surface area contributed by atoms with Crippen molar-refractivity contribution in [2.45, 2.75) is 26.2 Å². The third-order valence-electron chi connectivity index (χ3n) is 3.67. The van der Waals surface area contributed by atoms with Gasteiger partial charge in [0.15, 0.2) is 0 Å². The first-order valence-electron chi connectivity index (χ1n) is 6.67. The lowest BCUT2D eigenvalue weighted by molar-refractivity contribution is 0.0786. The van der Waals surface area contributed by atoms with E-state index in [1.807, 2.05) is 18.7 Å². The predicted octanol–water partition coefficient (Wildman–Crippen LogP) is 2.04. The maximum Gasteiger partial charge on any atom is 0.258 e. The van der Waals surface area contributed by atoms with Gasteiger partial charge in [0.05, 0.1) is 11.3 Å². The van der Waals surface area contributed by atoms with Crippen LogP contribution in [0.3, 0.4) is 0 Å². The predicted molar refractivity (Wildman–Crippen MR) is 82.6 cm³/mol. The molecule has 7 heteroatoms. The molecule has 1 unspecified atom stereocenters. The molecular weight excluding hydrogens is 299 g/mol. The molecule has 1 aromatic heterocycles. The van der Waals surface area contributed by atoms with E-state index in [1.54, 1.807) is 11.7 Å². The highest BCUT2D eigenvalue weighted by molar-refractivity contribution is 6.33. The van der Waals surface area contributed by atoms with Crippen molar-refractivity contribution in [2.24, 2.45) is 18.7 Å². The zero-order chi connectivity index (χ0) is 14.2. The van der Waals surface area contributed by atoms with Crippen LogP contribution >= 0.6 is 24.0 Å². The highest BCUT2D eigenvalue weighted by Gasteiger charge is 2.31. The smallest absolute Gasteiger partial charge is 0.258 e. The van der Waals surface area contributed by atoms with Gasteiger partial charge in [-0.1, -0.05) is 25.4 Å². The van der Waals surface area contributed by atoms with Gasteiger partial charge in [-0.3, -0.25) is 9.48 Å². The Labute approximate surface area is 130 Å². The maximum absolute atomic E-state index is 12.6. The summed E-state index contributed by atoms with van der Waals surface area (Å²) in [5, 5.41) is 4.78. The minimum Gasteiger partial charge on any atom is -0.338 e. The molecule has 114 valence electrons. The molecule has 0 aromatic carbocycles. The first-order chi connectivity index (χ1) is 8.95. The molecule has 0 aliphatic carbocycles. The number of likely N-dealkylation sites (tertiary alicyclic amines) is 1. The van der Waals surface area contributed by atoms with Gasteiger partial charge in [-0.05, 0) is 24.8 Å². The van der Waals surface area contributed by atoms with E-state index in [0.29, 0.717) is 23.2 Å². The first-order valence-corrected chi connectivity index (χ1v) is 7.05. The zero-order valence-electron chi connectivity index (χ0n) is 12.1. The van der Waals surface area contributed by atoms with Gasteiger partial charge in [0.2, 0.25) is 0 Å². The van der Waals surface area contributed by atoms with E-state index in [0.717, 1.165) is 25.2 Å². The minimum atomic E-state index is -0.0160. The molecular formula is C13H22Cl2N4O. The second kappa shape index (κ2) is 6.78. The summed E-state index contributed by atoms with van der Waals surface area (Å²) in [7, 11) is 1.76. The van der Waals surface area contributed by atoms with Gasteiger partial charge in [0.25, 0.3) is 5.91 Å². The fraction of sp³-hybridized carbons (Fsp3) is 0.692. The fourth-order valence-corrected chi connectivity index (χ4v) is 2.71. The molecule has 0 bridgehead atoms. The van der Waals surface area contributed by atoms with E-state index in [9.17, 15) is 4.79 Å². The van der Waals surface area contributed by atoms with Crippen LogP contribution in [0.4, 0.5) is 0 Å². The van der Waals surface area contributed by atoms with E-state index in [-0.39, 0.29) is 24.2 Å². The molecule has 2 rings (SSSR count). The van der Waals surface area contributed by atoms with Crippen LogP contribution in [0.5, 0.6) is 0 Å². The summed E-state index contributed by atoms with van der Waals surface area (Å²) in [5.74, 6) is 0.560. The minimum absolute atomic E-state index is 0. The molecule has 1 saturated heterocycles. The number of hydrogen-bond acceptors (Lipinski definition) is 3. The molecule has 0 radical (unpaired) electrons. The van der Waals surface area contributed by atoms with Crippen molar-refractivity contribution in [3.63, 3.8) is 0 Å². The normalized spacial score (nSPS) is 18.5. The Kier molecular flexibility index (Phi) is 5.86. The molecule has 20 heavy (non-hydrogen) atoms. The second-order valence-electron chi connectivity index (χ2n) is 5.47. The third-order valence-corrected chi connectivity index (χ3v) is 4.11. The van der Waals surface area contributed by atoms with Gasteiger partial charge in [0, 0.05) is 20.1 Å². The average molecular weight is 321 g/mol. The summed E-state index contributed by atoms with van der Waals surface area (Å²) in [6.07, 6.45) is 0.969. The van der Waals surface area contributed by atoms with Crippen molar-refractivity contribution < 1.29 is 4.79 Å². The van der Waals surface area contributed by atoms with Gasteiger partial charge in [-0.2, -0.15) is 5.10 Å². The summed E-state index contributed by atoms with van der Waals surface area (Å²) >= 11 is 6.23. The number of hydrogen-bond donors (Lipinski definition) is 1. The topological polar surface area (TPSA) is 64.2 Å². The summed E-state index contributed by atoms with van der Waals surface area (Å²) in [6, 6.07) is 0. The van der Waals surface area contributed by atoms with Gasteiger partial charge in [-0.25, -0.2) is 0 Å². The van der Waals surface area contributed by atoms with E-state index in [2.05, 4.69) is 5.10 Å². The number of rotatable bonds is 3. The van der Waals surface area contributed by atoms with Crippen molar-refractivity contribution >= 4 is 29.9 Å². The van der Waals surface area contributed by atoms with Crippen LogP contribution in [0.1, 0.15) is 42.2 Å². The number of carbonyl (C=O) groups is 1. The average Bonchev–Trinajstić information content (AvgIpc) is 2.95. The van der Waals surface area contributed by atoms with Crippen LogP contribution in [0.15, 0.2) is 0 Å². The number of halogens is 2. The largest absolute Gasteiger partial charge is 0.338 e. The third kappa shape index (κ3) is 3.10. The molecule has 1 amide bonds. The van der Waals surface area contributed by atoms with Crippen LogP contribution < -0.4 is 5.73 Å².